The fraction of sp³-hybridized carbons (Fsp3) is 0.214. The minimum Gasteiger partial charge on any atom is -0.387 e. The highest BCUT2D eigenvalue weighted by Crippen LogP contribution is 2.22. The van der Waals surface area contributed by atoms with E-state index >= 15 is 0 Å². The van der Waals surface area contributed by atoms with Gasteiger partial charge in [-0.1, -0.05) is 30.3 Å². The van der Waals surface area contributed by atoms with Gasteiger partial charge in [-0.15, -0.1) is 11.8 Å². The van der Waals surface area contributed by atoms with Crippen molar-refractivity contribution in [2.75, 3.05) is 0 Å². The molecule has 17 heavy (non-hydrogen) atoms. The van der Waals surface area contributed by atoms with Crippen LogP contribution in [0.4, 0.5) is 0 Å². The van der Waals surface area contributed by atoms with E-state index in [1.165, 1.54) is 5.56 Å². The van der Waals surface area contributed by atoms with Gasteiger partial charge in [0.05, 0.1) is 11.8 Å². The molecule has 0 bridgehead atoms. The number of benzene rings is 1. The number of thioether (sulfide) groups is 1. The van der Waals surface area contributed by atoms with E-state index in [1.807, 2.05) is 36.5 Å². The second-order valence-corrected chi connectivity index (χ2v) is 4.92. The molecule has 2 aromatic rings. The SMILES string of the molecule is C[C@@H](O)c1ccc(SCc2ccccc2)cn1. The standard InChI is InChI=1S/C14H15NOS/c1-11(16)14-8-7-13(9-15-14)17-10-12-5-3-2-4-6-12/h2-9,11,16H,10H2,1H3/t11-/m1/s1. The first-order valence-electron chi connectivity index (χ1n) is 5.56. The second-order valence-electron chi connectivity index (χ2n) is 3.87. The third-order valence-electron chi connectivity index (χ3n) is 2.44. The Hall–Kier alpha value is -1.32. The molecule has 0 fully saturated rings. The summed E-state index contributed by atoms with van der Waals surface area (Å²) in [7, 11) is 0. The molecule has 1 aromatic heterocycles. The summed E-state index contributed by atoms with van der Waals surface area (Å²) in [6.07, 6.45) is 1.32. The first-order chi connectivity index (χ1) is 8.25. The maximum absolute atomic E-state index is 9.35. The van der Waals surface area contributed by atoms with Gasteiger partial charge in [0.15, 0.2) is 0 Å². The Kier molecular flexibility index (Phi) is 4.18. The van der Waals surface area contributed by atoms with Crippen LogP contribution < -0.4 is 0 Å². The first kappa shape index (κ1) is 12.1. The molecular weight excluding hydrogens is 230 g/mol. The van der Waals surface area contributed by atoms with Crippen molar-refractivity contribution < 1.29 is 5.11 Å². The van der Waals surface area contributed by atoms with E-state index in [2.05, 4.69) is 17.1 Å². The molecule has 88 valence electrons. The van der Waals surface area contributed by atoms with Crippen molar-refractivity contribution in [3.63, 3.8) is 0 Å². The Labute approximate surface area is 106 Å². The Balaban J connectivity index is 1.96. The molecule has 3 heteroatoms. The summed E-state index contributed by atoms with van der Waals surface area (Å²) >= 11 is 1.75. The Morgan fingerprint density at radius 3 is 2.53 bits per heavy atom. The predicted octanol–water partition coefficient (Wildman–Crippen LogP) is 3.43. The van der Waals surface area contributed by atoms with Crippen molar-refractivity contribution in [3.8, 4) is 0 Å². The van der Waals surface area contributed by atoms with E-state index < -0.39 is 6.10 Å². The maximum atomic E-state index is 9.35. The number of hydrogen-bond donors (Lipinski definition) is 1. The van der Waals surface area contributed by atoms with Gasteiger partial charge in [-0.25, -0.2) is 0 Å². The van der Waals surface area contributed by atoms with Crippen LogP contribution in [-0.2, 0) is 5.75 Å². The van der Waals surface area contributed by atoms with Crippen molar-refractivity contribution in [2.24, 2.45) is 0 Å². The van der Waals surface area contributed by atoms with Gasteiger partial charge >= 0.3 is 0 Å². The number of rotatable bonds is 4. The van der Waals surface area contributed by atoms with Crippen LogP contribution in [0.5, 0.6) is 0 Å². The van der Waals surface area contributed by atoms with Crippen LogP contribution in [0.2, 0.25) is 0 Å². The van der Waals surface area contributed by atoms with Crippen LogP contribution in [0.1, 0.15) is 24.3 Å². The molecule has 2 nitrogen and oxygen atoms in total. The topological polar surface area (TPSA) is 33.1 Å². The lowest BCUT2D eigenvalue weighted by Crippen LogP contribution is -1.94. The zero-order valence-corrected chi connectivity index (χ0v) is 10.5. The van der Waals surface area contributed by atoms with Crippen molar-refractivity contribution >= 4 is 11.8 Å². The Morgan fingerprint density at radius 2 is 1.94 bits per heavy atom. The van der Waals surface area contributed by atoms with E-state index in [1.54, 1.807) is 18.7 Å². The smallest absolute Gasteiger partial charge is 0.0931 e. The van der Waals surface area contributed by atoms with Crippen LogP contribution in [0.25, 0.3) is 0 Å². The van der Waals surface area contributed by atoms with Crippen molar-refractivity contribution in [1.82, 2.24) is 4.98 Å². The third-order valence-corrected chi connectivity index (χ3v) is 3.49. The quantitative estimate of drug-likeness (QED) is 0.838. The van der Waals surface area contributed by atoms with Crippen LogP contribution >= 0.6 is 11.8 Å². The average molecular weight is 245 g/mol. The van der Waals surface area contributed by atoms with Gasteiger partial charge in [-0.2, -0.15) is 0 Å². The molecule has 2 rings (SSSR count). The van der Waals surface area contributed by atoms with Gasteiger partial charge in [-0.05, 0) is 24.6 Å². The monoisotopic (exact) mass is 245 g/mol. The highest BCUT2D eigenvalue weighted by atomic mass is 32.2. The van der Waals surface area contributed by atoms with Gasteiger partial charge < -0.3 is 5.11 Å². The normalized spacial score (nSPS) is 12.4. The summed E-state index contributed by atoms with van der Waals surface area (Å²) in [5.74, 6) is 0.941. The highest BCUT2D eigenvalue weighted by molar-refractivity contribution is 7.98. The largest absolute Gasteiger partial charge is 0.387 e. The zero-order valence-electron chi connectivity index (χ0n) is 9.71. The predicted molar refractivity (Wildman–Crippen MR) is 70.9 cm³/mol. The lowest BCUT2D eigenvalue weighted by molar-refractivity contribution is 0.194. The molecule has 1 atom stereocenters. The molecule has 0 amide bonds. The number of pyridine rings is 1. The minimum absolute atomic E-state index is 0.497. The van der Waals surface area contributed by atoms with Crippen molar-refractivity contribution in [1.29, 1.82) is 0 Å². The van der Waals surface area contributed by atoms with E-state index in [0.717, 1.165) is 10.6 Å². The first-order valence-corrected chi connectivity index (χ1v) is 6.55. The van der Waals surface area contributed by atoms with E-state index in [9.17, 15) is 5.11 Å². The van der Waals surface area contributed by atoms with Gasteiger partial charge in [0.2, 0.25) is 0 Å². The summed E-state index contributed by atoms with van der Waals surface area (Å²) < 4.78 is 0. The Morgan fingerprint density at radius 1 is 1.18 bits per heavy atom. The summed E-state index contributed by atoms with van der Waals surface area (Å²) in [4.78, 5) is 5.34. The third kappa shape index (κ3) is 3.58. The maximum Gasteiger partial charge on any atom is 0.0931 e. The Bertz CT molecular complexity index is 453. The molecule has 1 heterocycles. The van der Waals surface area contributed by atoms with Crippen molar-refractivity contribution in [3.05, 3.63) is 59.9 Å². The van der Waals surface area contributed by atoms with Crippen LogP contribution in [-0.4, -0.2) is 10.1 Å². The molecule has 1 N–H and O–H groups in total. The summed E-state index contributed by atoms with van der Waals surface area (Å²) in [5, 5.41) is 9.35. The van der Waals surface area contributed by atoms with E-state index in [-0.39, 0.29) is 0 Å². The molecule has 0 spiro atoms. The fourth-order valence-corrected chi connectivity index (χ4v) is 2.28. The summed E-state index contributed by atoms with van der Waals surface area (Å²) in [6, 6.07) is 14.2. The number of aliphatic hydroxyl groups excluding tert-OH is 1. The molecule has 0 aliphatic carbocycles. The van der Waals surface area contributed by atoms with E-state index in [4.69, 9.17) is 0 Å². The molecule has 0 saturated heterocycles. The minimum atomic E-state index is -0.497. The second kappa shape index (κ2) is 5.84. The van der Waals surface area contributed by atoms with Gasteiger partial charge in [0.25, 0.3) is 0 Å². The van der Waals surface area contributed by atoms with Crippen molar-refractivity contribution in [2.45, 2.75) is 23.7 Å². The summed E-state index contributed by atoms with van der Waals surface area (Å²) in [6.45, 7) is 1.72. The number of aromatic nitrogens is 1. The van der Waals surface area contributed by atoms with Gasteiger partial charge in [-0.3, -0.25) is 4.98 Å². The highest BCUT2D eigenvalue weighted by Gasteiger charge is 2.02. The molecule has 0 unspecified atom stereocenters. The fourth-order valence-electron chi connectivity index (χ4n) is 1.47. The molecule has 0 radical (unpaired) electrons. The molecule has 0 aliphatic heterocycles. The average Bonchev–Trinajstić information content (AvgIpc) is 2.38. The molecule has 1 aromatic carbocycles. The number of aliphatic hydroxyl groups is 1. The summed E-state index contributed by atoms with van der Waals surface area (Å²) in [5.41, 5.74) is 2.02. The number of hydrogen-bond acceptors (Lipinski definition) is 3. The molecule has 0 aliphatic rings. The number of nitrogens with zero attached hydrogens (tertiary/aromatic N) is 1. The van der Waals surface area contributed by atoms with Gasteiger partial charge in [0.1, 0.15) is 0 Å². The van der Waals surface area contributed by atoms with Crippen LogP contribution in [0.15, 0.2) is 53.6 Å². The molecular formula is C14H15NOS. The molecule has 0 saturated carbocycles. The lowest BCUT2D eigenvalue weighted by atomic mass is 10.2. The zero-order chi connectivity index (χ0) is 12.1. The van der Waals surface area contributed by atoms with Crippen LogP contribution in [0.3, 0.4) is 0 Å². The van der Waals surface area contributed by atoms with E-state index in [0.29, 0.717) is 5.69 Å². The lowest BCUT2D eigenvalue weighted by Gasteiger charge is -2.05. The van der Waals surface area contributed by atoms with Gasteiger partial charge in [0, 0.05) is 16.8 Å². The van der Waals surface area contributed by atoms with Crippen LogP contribution in [0, 0.1) is 0 Å².